The van der Waals surface area contributed by atoms with E-state index in [4.69, 9.17) is 28.4 Å². The summed E-state index contributed by atoms with van der Waals surface area (Å²) in [5, 5.41) is 0. The highest BCUT2D eigenvalue weighted by atomic mass is 16.6. The van der Waals surface area contributed by atoms with Crippen molar-refractivity contribution in [2.45, 2.75) is 25.7 Å². The van der Waals surface area contributed by atoms with E-state index < -0.39 is 11.9 Å². The van der Waals surface area contributed by atoms with Crippen molar-refractivity contribution in [1.82, 2.24) is 14.7 Å². The highest BCUT2D eigenvalue weighted by Gasteiger charge is 2.14. The smallest absolute Gasteiger partial charge is 0.307 e. The first-order chi connectivity index (χ1) is 18.4. The molecular weight excluding hydrogens is 502 g/mol. The van der Waals surface area contributed by atoms with Crippen molar-refractivity contribution >= 4 is 23.9 Å². The third kappa shape index (κ3) is 15.8. The molecule has 0 N–H and O–H groups in total. The molecule has 0 saturated carbocycles. The van der Waals surface area contributed by atoms with Crippen LogP contribution < -0.4 is 0 Å². The predicted octanol–water partition coefficient (Wildman–Crippen LogP) is -0.684. The number of rotatable bonds is 18. The maximum atomic E-state index is 11.9. The summed E-state index contributed by atoms with van der Waals surface area (Å²) in [6, 6.07) is 0. The molecule has 0 atom stereocenters. The normalized spacial score (nSPS) is 16.7. The molecule has 0 spiro atoms. The fourth-order valence-electron chi connectivity index (χ4n) is 3.74. The molecule has 2 aliphatic heterocycles. The van der Waals surface area contributed by atoms with Gasteiger partial charge in [-0.1, -0.05) is 0 Å². The molecule has 0 aromatic heterocycles. The average molecular weight is 546 g/mol. The third-order valence-corrected chi connectivity index (χ3v) is 6.09. The summed E-state index contributed by atoms with van der Waals surface area (Å²) >= 11 is 0. The summed E-state index contributed by atoms with van der Waals surface area (Å²) in [5.41, 5.74) is 0. The van der Waals surface area contributed by atoms with Gasteiger partial charge >= 0.3 is 23.9 Å². The Morgan fingerprint density at radius 2 is 0.895 bits per heavy atom. The van der Waals surface area contributed by atoms with Gasteiger partial charge in [-0.2, -0.15) is 0 Å². The first-order valence-electron chi connectivity index (χ1n) is 13.3. The van der Waals surface area contributed by atoms with E-state index in [1.54, 1.807) is 7.05 Å². The maximum Gasteiger partial charge on any atom is 0.307 e. The van der Waals surface area contributed by atoms with Crippen LogP contribution in [0.15, 0.2) is 0 Å². The lowest BCUT2D eigenvalue weighted by Gasteiger charge is -2.25. The third-order valence-electron chi connectivity index (χ3n) is 6.09. The Kier molecular flexibility index (Phi) is 16.5. The van der Waals surface area contributed by atoms with E-state index in [0.717, 1.165) is 26.2 Å². The van der Waals surface area contributed by atoms with Crippen LogP contribution in [0, 0.1) is 0 Å². The zero-order valence-corrected chi connectivity index (χ0v) is 22.6. The quantitative estimate of drug-likeness (QED) is 0.122. The van der Waals surface area contributed by atoms with Crippen molar-refractivity contribution in [2.24, 2.45) is 0 Å². The number of nitrogens with zero attached hydrogens (tertiary/aromatic N) is 3. The summed E-state index contributed by atoms with van der Waals surface area (Å²) in [5.74, 6) is -1.44. The topological polar surface area (TPSA) is 133 Å². The standard InChI is InChI=1S/C25H43N3O10/c1-26(6-2-22(29)35-18-20-37-24(31)4-8-27-10-14-33-15-11-27)7-3-23(30)36-19-21-38-25(32)5-9-28-12-16-34-17-13-28/h2-21H2,1H3. The van der Waals surface area contributed by atoms with Crippen molar-refractivity contribution in [3.05, 3.63) is 0 Å². The van der Waals surface area contributed by atoms with Crippen LogP contribution in [0.1, 0.15) is 25.7 Å². The monoisotopic (exact) mass is 545 g/mol. The largest absolute Gasteiger partial charge is 0.462 e. The van der Waals surface area contributed by atoms with E-state index in [-0.39, 0.29) is 51.2 Å². The van der Waals surface area contributed by atoms with Crippen LogP contribution >= 0.6 is 0 Å². The van der Waals surface area contributed by atoms with E-state index in [1.165, 1.54) is 0 Å². The van der Waals surface area contributed by atoms with Crippen molar-refractivity contribution in [3.8, 4) is 0 Å². The van der Waals surface area contributed by atoms with Gasteiger partial charge in [0, 0.05) is 52.4 Å². The molecule has 0 bridgehead atoms. The number of ether oxygens (including phenoxy) is 6. The summed E-state index contributed by atoms with van der Waals surface area (Å²) in [7, 11) is 1.78. The molecule has 0 unspecified atom stereocenters. The van der Waals surface area contributed by atoms with Crippen molar-refractivity contribution in [2.75, 3.05) is 112 Å². The van der Waals surface area contributed by atoms with Gasteiger partial charge in [0.25, 0.3) is 0 Å². The second-order valence-electron chi connectivity index (χ2n) is 9.09. The molecule has 0 amide bonds. The van der Waals surface area contributed by atoms with Crippen LogP contribution in [-0.4, -0.2) is 151 Å². The van der Waals surface area contributed by atoms with Gasteiger partial charge in [0.15, 0.2) is 0 Å². The molecule has 13 nitrogen and oxygen atoms in total. The Morgan fingerprint density at radius 1 is 0.579 bits per heavy atom. The van der Waals surface area contributed by atoms with Gasteiger partial charge in [-0.25, -0.2) is 0 Å². The maximum absolute atomic E-state index is 11.9. The zero-order chi connectivity index (χ0) is 27.4. The van der Waals surface area contributed by atoms with Gasteiger partial charge in [0.05, 0.1) is 52.1 Å². The van der Waals surface area contributed by atoms with Crippen molar-refractivity contribution < 1.29 is 47.6 Å². The highest BCUT2D eigenvalue weighted by Crippen LogP contribution is 2.01. The second kappa shape index (κ2) is 19.7. The summed E-state index contributed by atoms with van der Waals surface area (Å²) < 4.78 is 30.9. The molecule has 0 radical (unpaired) electrons. The van der Waals surface area contributed by atoms with E-state index >= 15 is 0 Å². The van der Waals surface area contributed by atoms with Gasteiger partial charge in [0.1, 0.15) is 26.4 Å². The molecular formula is C25H43N3O10. The Morgan fingerprint density at radius 3 is 1.24 bits per heavy atom. The second-order valence-corrected chi connectivity index (χ2v) is 9.09. The molecule has 2 saturated heterocycles. The number of hydrogen-bond acceptors (Lipinski definition) is 13. The highest BCUT2D eigenvalue weighted by molar-refractivity contribution is 5.71. The zero-order valence-electron chi connectivity index (χ0n) is 22.6. The molecule has 2 rings (SSSR count). The number of hydrogen-bond donors (Lipinski definition) is 0. The van der Waals surface area contributed by atoms with E-state index in [0.29, 0.717) is 65.4 Å². The van der Waals surface area contributed by atoms with Gasteiger partial charge in [-0.05, 0) is 7.05 Å². The molecule has 0 aromatic carbocycles. The van der Waals surface area contributed by atoms with Gasteiger partial charge < -0.3 is 33.3 Å². The lowest BCUT2D eigenvalue weighted by Crippen LogP contribution is -2.37. The molecule has 2 aliphatic rings. The summed E-state index contributed by atoms with van der Waals surface area (Å²) in [6.45, 7) is 8.12. The van der Waals surface area contributed by atoms with Crippen LogP contribution in [-0.2, 0) is 47.6 Å². The first-order valence-corrected chi connectivity index (χ1v) is 13.3. The fraction of sp³-hybridized carbons (Fsp3) is 0.840. The van der Waals surface area contributed by atoms with Crippen LogP contribution in [0.2, 0.25) is 0 Å². The van der Waals surface area contributed by atoms with Gasteiger partial charge in [0.2, 0.25) is 0 Å². The Labute approximate surface area is 224 Å². The van der Waals surface area contributed by atoms with E-state index in [2.05, 4.69) is 9.80 Å². The lowest BCUT2D eigenvalue weighted by molar-refractivity contribution is -0.153. The van der Waals surface area contributed by atoms with Crippen molar-refractivity contribution in [1.29, 1.82) is 0 Å². The molecule has 218 valence electrons. The summed E-state index contributed by atoms with van der Waals surface area (Å²) in [6.07, 6.45) is 0.886. The molecule has 2 heterocycles. The predicted molar refractivity (Wildman–Crippen MR) is 134 cm³/mol. The SMILES string of the molecule is CN(CCC(=O)OCCOC(=O)CCN1CCOCC1)CCC(=O)OCCOC(=O)CCN1CCOCC1. The minimum Gasteiger partial charge on any atom is -0.462 e. The molecule has 13 heteroatoms. The molecule has 38 heavy (non-hydrogen) atoms. The van der Waals surface area contributed by atoms with E-state index in [1.807, 2.05) is 4.90 Å². The van der Waals surface area contributed by atoms with Gasteiger partial charge in [-0.3, -0.25) is 29.0 Å². The number of carbonyl (C=O) groups excluding carboxylic acids is 4. The van der Waals surface area contributed by atoms with Crippen LogP contribution in [0.25, 0.3) is 0 Å². The summed E-state index contributed by atoms with van der Waals surface area (Å²) in [4.78, 5) is 53.4. The fourth-order valence-corrected chi connectivity index (χ4v) is 3.74. The molecule has 2 fully saturated rings. The van der Waals surface area contributed by atoms with Gasteiger partial charge in [-0.15, -0.1) is 0 Å². The number of esters is 4. The first kappa shape index (κ1) is 31.9. The van der Waals surface area contributed by atoms with Crippen LogP contribution in [0.3, 0.4) is 0 Å². The lowest BCUT2D eigenvalue weighted by atomic mass is 10.3. The Bertz CT molecular complexity index is 654. The van der Waals surface area contributed by atoms with Crippen LogP contribution in [0.5, 0.6) is 0 Å². The molecule has 0 aliphatic carbocycles. The Balaban J connectivity index is 1.38. The van der Waals surface area contributed by atoms with Crippen molar-refractivity contribution in [3.63, 3.8) is 0 Å². The number of morpholine rings is 2. The number of carbonyl (C=O) groups is 4. The molecule has 0 aromatic rings. The minimum absolute atomic E-state index is 0.00988. The minimum atomic E-state index is -0.403. The Hall–Kier alpha value is -2.32. The van der Waals surface area contributed by atoms with Crippen LogP contribution in [0.4, 0.5) is 0 Å². The van der Waals surface area contributed by atoms with E-state index in [9.17, 15) is 19.2 Å². The average Bonchev–Trinajstić information content (AvgIpc) is 2.94.